The number of methoxy groups -OCH3 is 1. The fourth-order valence-electron chi connectivity index (χ4n) is 2.21. The Kier molecular flexibility index (Phi) is 3.68. The number of ether oxygens (including phenoxy) is 1. The van der Waals surface area contributed by atoms with Crippen molar-refractivity contribution in [2.75, 3.05) is 7.11 Å². The van der Waals surface area contributed by atoms with E-state index in [0.29, 0.717) is 5.88 Å². The van der Waals surface area contributed by atoms with Crippen LogP contribution >= 0.6 is 27.5 Å². The lowest BCUT2D eigenvalue weighted by Gasteiger charge is -2.07. The quantitative estimate of drug-likeness (QED) is 0.694. The lowest BCUT2D eigenvalue weighted by atomic mass is 10.2. The molecular formula is C15H12BrClN2O. The predicted octanol–water partition coefficient (Wildman–Crippen LogP) is 4.51. The highest BCUT2D eigenvalue weighted by Gasteiger charge is 2.07. The molecule has 0 saturated heterocycles. The molecular weight excluding hydrogens is 340 g/mol. The van der Waals surface area contributed by atoms with Crippen molar-refractivity contribution >= 4 is 38.4 Å². The molecule has 3 rings (SSSR count). The first-order chi connectivity index (χ1) is 9.67. The highest BCUT2D eigenvalue weighted by Crippen LogP contribution is 2.29. The van der Waals surface area contributed by atoms with Crippen LogP contribution in [0.1, 0.15) is 5.56 Å². The van der Waals surface area contributed by atoms with Crippen molar-refractivity contribution in [2.24, 2.45) is 0 Å². The maximum absolute atomic E-state index is 6.25. The Bertz CT molecular complexity index is 770. The Morgan fingerprint density at radius 1 is 1.30 bits per heavy atom. The summed E-state index contributed by atoms with van der Waals surface area (Å²) in [5.41, 5.74) is 2.23. The van der Waals surface area contributed by atoms with Gasteiger partial charge in [-0.05, 0) is 29.8 Å². The van der Waals surface area contributed by atoms with Crippen LogP contribution in [-0.4, -0.2) is 16.7 Å². The van der Waals surface area contributed by atoms with E-state index in [0.717, 1.165) is 32.5 Å². The lowest BCUT2D eigenvalue weighted by Crippen LogP contribution is -1.99. The van der Waals surface area contributed by atoms with Crippen molar-refractivity contribution < 1.29 is 4.74 Å². The molecule has 0 atom stereocenters. The number of hydrogen-bond acceptors (Lipinski definition) is 2. The van der Waals surface area contributed by atoms with Crippen molar-refractivity contribution in [1.82, 2.24) is 9.55 Å². The molecule has 0 aliphatic heterocycles. The van der Waals surface area contributed by atoms with Gasteiger partial charge in [0.15, 0.2) is 0 Å². The molecule has 3 nitrogen and oxygen atoms in total. The molecule has 5 heteroatoms. The van der Waals surface area contributed by atoms with Gasteiger partial charge < -0.3 is 9.30 Å². The van der Waals surface area contributed by atoms with E-state index in [-0.39, 0.29) is 0 Å². The molecule has 0 amide bonds. The monoisotopic (exact) mass is 350 g/mol. The van der Waals surface area contributed by atoms with Crippen molar-refractivity contribution in [2.45, 2.75) is 6.54 Å². The minimum absolute atomic E-state index is 0.623. The third kappa shape index (κ3) is 2.53. The van der Waals surface area contributed by atoms with Crippen LogP contribution in [0.2, 0.25) is 5.02 Å². The van der Waals surface area contributed by atoms with E-state index < -0.39 is 0 Å². The Morgan fingerprint density at radius 3 is 2.95 bits per heavy atom. The molecule has 0 spiro atoms. The zero-order valence-corrected chi connectivity index (χ0v) is 13.1. The predicted molar refractivity (Wildman–Crippen MR) is 84.5 cm³/mol. The topological polar surface area (TPSA) is 27.1 Å². The number of aromatic nitrogens is 2. The van der Waals surface area contributed by atoms with Gasteiger partial charge in [0.1, 0.15) is 0 Å². The van der Waals surface area contributed by atoms with Crippen LogP contribution in [0, 0.1) is 0 Å². The first kappa shape index (κ1) is 13.5. The Morgan fingerprint density at radius 2 is 2.15 bits per heavy atom. The molecule has 20 heavy (non-hydrogen) atoms. The van der Waals surface area contributed by atoms with Gasteiger partial charge in [0.25, 0.3) is 0 Å². The van der Waals surface area contributed by atoms with E-state index in [1.54, 1.807) is 13.3 Å². The molecule has 2 heterocycles. The fourth-order valence-corrected chi connectivity index (χ4v) is 3.07. The molecule has 0 aliphatic rings. The first-order valence-corrected chi connectivity index (χ1v) is 7.27. The molecule has 0 bridgehead atoms. The second-order valence-electron chi connectivity index (χ2n) is 4.47. The molecule has 3 aromatic rings. The lowest BCUT2D eigenvalue weighted by molar-refractivity contribution is 0.397. The number of hydrogen-bond donors (Lipinski definition) is 0. The largest absolute Gasteiger partial charge is 0.481 e. The summed E-state index contributed by atoms with van der Waals surface area (Å²) in [6, 6.07) is 9.92. The van der Waals surface area contributed by atoms with Gasteiger partial charge >= 0.3 is 0 Å². The summed E-state index contributed by atoms with van der Waals surface area (Å²) in [7, 11) is 1.62. The molecule has 2 aromatic heterocycles. The number of pyridine rings is 1. The van der Waals surface area contributed by atoms with Crippen LogP contribution in [0.3, 0.4) is 0 Å². The Labute approximate surface area is 130 Å². The van der Waals surface area contributed by atoms with Crippen LogP contribution in [0.15, 0.2) is 47.2 Å². The third-order valence-corrected chi connectivity index (χ3v) is 3.93. The van der Waals surface area contributed by atoms with E-state index in [1.807, 2.05) is 30.5 Å². The van der Waals surface area contributed by atoms with E-state index >= 15 is 0 Å². The highest BCUT2D eigenvalue weighted by atomic mass is 79.9. The third-order valence-electron chi connectivity index (χ3n) is 3.16. The molecule has 0 radical (unpaired) electrons. The summed E-state index contributed by atoms with van der Waals surface area (Å²) in [6.07, 6.45) is 3.79. The van der Waals surface area contributed by atoms with Crippen LogP contribution in [0.5, 0.6) is 5.88 Å². The fraction of sp³-hybridized carbons (Fsp3) is 0.133. The zero-order valence-electron chi connectivity index (χ0n) is 10.8. The highest BCUT2D eigenvalue weighted by molar-refractivity contribution is 9.10. The molecule has 1 aromatic carbocycles. The van der Waals surface area contributed by atoms with E-state index in [9.17, 15) is 0 Å². The van der Waals surface area contributed by atoms with Crippen molar-refractivity contribution in [3.63, 3.8) is 0 Å². The molecule has 0 saturated carbocycles. The normalized spacial score (nSPS) is 10.9. The van der Waals surface area contributed by atoms with Crippen molar-refractivity contribution in [3.05, 3.63) is 57.8 Å². The van der Waals surface area contributed by atoms with Gasteiger partial charge in [0, 0.05) is 34.9 Å². The van der Waals surface area contributed by atoms with E-state index in [2.05, 4.69) is 31.5 Å². The summed E-state index contributed by atoms with van der Waals surface area (Å²) in [4.78, 5) is 4.12. The Balaban J connectivity index is 2.02. The first-order valence-electron chi connectivity index (χ1n) is 6.10. The van der Waals surface area contributed by atoms with Crippen LogP contribution < -0.4 is 4.74 Å². The maximum atomic E-state index is 6.25. The molecule has 0 N–H and O–H groups in total. The Hall–Kier alpha value is -1.52. The van der Waals surface area contributed by atoms with Gasteiger partial charge in [-0.1, -0.05) is 27.5 Å². The number of nitrogens with zero attached hydrogens (tertiary/aromatic N) is 2. The summed E-state index contributed by atoms with van der Waals surface area (Å²) in [6.45, 7) is 0.745. The van der Waals surface area contributed by atoms with E-state index in [4.69, 9.17) is 16.3 Å². The summed E-state index contributed by atoms with van der Waals surface area (Å²) in [5.74, 6) is 0.623. The SMILES string of the molecule is COc1cc(Cn2ccc3c(Cl)cc(Br)cc32)ccn1. The van der Waals surface area contributed by atoms with E-state index in [1.165, 1.54) is 0 Å². The van der Waals surface area contributed by atoms with Gasteiger partial charge in [0.05, 0.1) is 17.6 Å². The molecule has 102 valence electrons. The summed E-state index contributed by atoms with van der Waals surface area (Å²) < 4.78 is 8.28. The number of rotatable bonds is 3. The van der Waals surface area contributed by atoms with Gasteiger partial charge in [-0.3, -0.25) is 0 Å². The van der Waals surface area contributed by atoms with Gasteiger partial charge in [-0.2, -0.15) is 0 Å². The molecule has 0 unspecified atom stereocenters. The summed E-state index contributed by atoms with van der Waals surface area (Å²) in [5, 5.41) is 1.80. The van der Waals surface area contributed by atoms with Crippen molar-refractivity contribution in [1.29, 1.82) is 0 Å². The maximum Gasteiger partial charge on any atom is 0.213 e. The second-order valence-corrected chi connectivity index (χ2v) is 5.79. The van der Waals surface area contributed by atoms with Gasteiger partial charge in [-0.25, -0.2) is 4.98 Å². The smallest absolute Gasteiger partial charge is 0.213 e. The van der Waals surface area contributed by atoms with Crippen LogP contribution in [0.25, 0.3) is 10.9 Å². The molecule has 0 aliphatic carbocycles. The standard InChI is InChI=1S/C15H12BrClN2O/c1-20-15-6-10(2-4-18-15)9-19-5-3-12-13(17)7-11(16)8-14(12)19/h2-8H,9H2,1H3. The average Bonchev–Trinajstić information content (AvgIpc) is 2.82. The second kappa shape index (κ2) is 5.46. The van der Waals surface area contributed by atoms with Gasteiger partial charge in [-0.15, -0.1) is 0 Å². The van der Waals surface area contributed by atoms with Crippen LogP contribution in [0.4, 0.5) is 0 Å². The van der Waals surface area contributed by atoms with Crippen LogP contribution in [-0.2, 0) is 6.54 Å². The minimum Gasteiger partial charge on any atom is -0.481 e. The zero-order chi connectivity index (χ0) is 14.1. The average molecular weight is 352 g/mol. The number of fused-ring (bicyclic) bond motifs is 1. The number of benzene rings is 1. The summed E-state index contributed by atoms with van der Waals surface area (Å²) >= 11 is 9.74. The minimum atomic E-state index is 0.623. The number of halogens is 2. The van der Waals surface area contributed by atoms with Crippen molar-refractivity contribution in [3.8, 4) is 5.88 Å². The molecule has 0 fully saturated rings. The van der Waals surface area contributed by atoms with Gasteiger partial charge in [0.2, 0.25) is 5.88 Å².